The third kappa shape index (κ3) is 4.53. The predicted octanol–water partition coefficient (Wildman–Crippen LogP) is 4.43. The van der Waals surface area contributed by atoms with Gasteiger partial charge in [-0.15, -0.1) is 0 Å². The molecule has 0 unspecified atom stereocenters. The van der Waals surface area contributed by atoms with Crippen molar-refractivity contribution in [3.05, 3.63) is 77.3 Å². The fraction of sp³-hybridized carbons (Fsp3) is 0.174. The molecule has 0 aliphatic heterocycles. The van der Waals surface area contributed by atoms with Crippen molar-refractivity contribution in [3.8, 4) is 17.6 Å². The van der Waals surface area contributed by atoms with Gasteiger partial charge in [0.2, 0.25) is 0 Å². The van der Waals surface area contributed by atoms with Gasteiger partial charge >= 0.3 is 0 Å². The van der Waals surface area contributed by atoms with Crippen molar-refractivity contribution in [2.45, 2.75) is 20.8 Å². The highest BCUT2D eigenvalue weighted by atomic mass is 16.5. The van der Waals surface area contributed by atoms with Crippen LogP contribution in [0.2, 0.25) is 0 Å². The number of nitrogens with zero attached hydrogens (tertiary/aromatic N) is 3. The van der Waals surface area contributed by atoms with Crippen LogP contribution >= 0.6 is 0 Å². The number of ether oxygens (including phenoxy) is 1. The lowest BCUT2D eigenvalue weighted by atomic mass is 10.1. The number of carbonyl (C=O) groups excluding carboxylic acids is 1. The Morgan fingerprint density at radius 1 is 1.24 bits per heavy atom. The molecule has 146 valence electrons. The van der Waals surface area contributed by atoms with Crippen LogP contribution in [0.1, 0.15) is 23.9 Å². The van der Waals surface area contributed by atoms with Crippen LogP contribution in [0.5, 0.6) is 5.75 Å². The topological polar surface area (TPSA) is 79.9 Å². The lowest BCUT2D eigenvalue weighted by molar-refractivity contribution is -0.112. The molecule has 3 rings (SSSR count). The number of pyridine rings is 1. The molecule has 0 aliphatic rings. The SMILES string of the molecule is CCOc1cccc(NC(=O)/C(C#N)=C\c2cc(C)n(-c3ccccn3)c2C)c1. The highest BCUT2D eigenvalue weighted by Crippen LogP contribution is 2.23. The summed E-state index contributed by atoms with van der Waals surface area (Å²) in [5, 5.41) is 12.3. The quantitative estimate of drug-likeness (QED) is 0.502. The molecule has 29 heavy (non-hydrogen) atoms. The van der Waals surface area contributed by atoms with E-state index in [1.807, 2.05) is 61.7 Å². The van der Waals surface area contributed by atoms with Crippen LogP contribution in [0, 0.1) is 25.2 Å². The Hall–Kier alpha value is -3.85. The molecular formula is C23H22N4O2. The Balaban J connectivity index is 1.88. The second-order valence-electron chi connectivity index (χ2n) is 6.43. The first-order valence-electron chi connectivity index (χ1n) is 9.30. The molecule has 1 aromatic carbocycles. The molecule has 1 N–H and O–H groups in total. The number of nitriles is 1. The molecule has 0 radical (unpaired) electrons. The van der Waals surface area contributed by atoms with Gasteiger partial charge in [0.05, 0.1) is 6.61 Å². The van der Waals surface area contributed by atoms with Crippen LogP contribution in [0.25, 0.3) is 11.9 Å². The Morgan fingerprint density at radius 3 is 2.76 bits per heavy atom. The van der Waals surface area contributed by atoms with Gasteiger partial charge in [-0.25, -0.2) is 4.98 Å². The smallest absolute Gasteiger partial charge is 0.266 e. The lowest BCUT2D eigenvalue weighted by Gasteiger charge is -2.08. The molecule has 6 heteroatoms. The number of amides is 1. The monoisotopic (exact) mass is 386 g/mol. The largest absolute Gasteiger partial charge is 0.494 e. The van der Waals surface area contributed by atoms with E-state index < -0.39 is 5.91 Å². The van der Waals surface area contributed by atoms with E-state index in [4.69, 9.17) is 4.74 Å². The summed E-state index contributed by atoms with van der Waals surface area (Å²) < 4.78 is 7.44. The van der Waals surface area contributed by atoms with Crippen molar-refractivity contribution in [1.29, 1.82) is 5.26 Å². The van der Waals surface area contributed by atoms with E-state index in [2.05, 4.69) is 10.3 Å². The zero-order chi connectivity index (χ0) is 20.8. The molecule has 6 nitrogen and oxygen atoms in total. The number of hydrogen-bond donors (Lipinski definition) is 1. The van der Waals surface area contributed by atoms with Gasteiger partial charge in [0.25, 0.3) is 5.91 Å². The Morgan fingerprint density at radius 2 is 2.07 bits per heavy atom. The molecule has 0 aliphatic carbocycles. The Kier molecular flexibility index (Phi) is 6.10. The summed E-state index contributed by atoms with van der Waals surface area (Å²) in [6.07, 6.45) is 3.33. The first-order chi connectivity index (χ1) is 14.0. The zero-order valence-corrected chi connectivity index (χ0v) is 16.6. The summed E-state index contributed by atoms with van der Waals surface area (Å²) in [5.74, 6) is 0.980. The fourth-order valence-electron chi connectivity index (χ4n) is 3.11. The van der Waals surface area contributed by atoms with E-state index in [1.165, 1.54) is 0 Å². The molecule has 0 bridgehead atoms. The van der Waals surface area contributed by atoms with Crippen molar-refractivity contribution in [3.63, 3.8) is 0 Å². The molecule has 2 heterocycles. The summed E-state index contributed by atoms with van der Waals surface area (Å²) in [4.78, 5) is 17.0. The van der Waals surface area contributed by atoms with Crippen LogP contribution < -0.4 is 10.1 Å². The summed E-state index contributed by atoms with van der Waals surface area (Å²) >= 11 is 0. The standard InChI is InChI=1S/C23H22N4O2/c1-4-29-21-9-7-8-20(14-21)26-23(28)19(15-24)13-18-12-16(2)27(17(18)3)22-10-5-6-11-25-22/h5-14H,4H2,1-3H3,(H,26,28)/b19-13-. The van der Waals surface area contributed by atoms with Gasteiger partial charge < -0.3 is 14.6 Å². The van der Waals surface area contributed by atoms with Gasteiger partial charge in [-0.3, -0.25) is 4.79 Å². The first kappa shape index (κ1) is 19.9. The summed E-state index contributed by atoms with van der Waals surface area (Å²) in [5.41, 5.74) is 3.26. The van der Waals surface area contributed by atoms with Gasteiger partial charge in [0, 0.05) is 29.3 Å². The van der Waals surface area contributed by atoms with Crippen LogP contribution in [0.4, 0.5) is 5.69 Å². The number of anilines is 1. The van der Waals surface area contributed by atoms with Crippen molar-refractivity contribution in [1.82, 2.24) is 9.55 Å². The number of rotatable bonds is 6. The van der Waals surface area contributed by atoms with Crippen molar-refractivity contribution in [2.75, 3.05) is 11.9 Å². The van der Waals surface area contributed by atoms with Crippen LogP contribution in [0.15, 0.2) is 60.3 Å². The van der Waals surface area contributed by atoms with E-state index in [0.29, 0.717) is 18.0 Å². The number of hydrogen-bond acceptors (Lipinski definition) is 4. The summed E-state index contributed by atoms with van der Waals surface area (Å²) in [6.45, 7) is 6.33. The average molecular weight is 386 g/mol. The zero-order valence-electron chi connectivity index (χ0n) is 16.6. The third-order valence-electron chi connectivity index (χ3n) is 4.42. The predicted molar refractivity (Wildman–Crippen MR) is 113 cm³/mol. The minimum absolute atomic E-state index is 0.0214. The van der Waals surface area contributed by atoms with Crippen LogP contribution in [0.3, 0.4) is 0 Å². The van der Waals surface area contributed by atoms with Crippen LogP contribution in [-0.4, -0.2) is 22.1 Å². The van der Waals surface area contributed by atoms with E-state index in [9.17, 15) is 10.1 Å². The molecule has 3 aromatic rings. The fourth-order valence-corrected chi connectivity index (χ4v) is 3.11. The summed E-state index contributed by atoms with van der Waals surface area (Å²) in [6, 6.07) is 16.7. The summed E-state index contributed by atoms with van der Waals surface area (Å²) in [7, 11) is 0. The second kappa shape index (κ2) is 8.89. The molecular weight excluding hydrogens is 364 g/mol. The third-order valence-corrected chi connectivity index (χ3v) is 4.42. The van der Waals surface area contributed by atoms with E-state index in [-0.39, 0.29) is 5.57 Å². The van der Waals surface area contributed by atoms with Crippen molar-refractivity contribution in [2.24, 2.45) is 0 Å². The number of carbonyl (C=O) groups is 1. The Labute approximate surface area is 170 Å². The van der Waals surface area contributed by atoms with Crippen molar-refractivity contribution < 1.29 is 9.53 Å². The average Bonchev–Trinajstić information content (AvgIpc) is 3.00. The highest BCUT2D eigenvalue weighted by molar-refractivity contribution is 6.09. The van der Waals surface area contributed by atoms with Gasteiger partial charge in [-0.1, -0.05) is 12.1 Å². The van der Waals surface area contributed by atoms with Gasteiger partial charge in [0.1, 0.15) is 23.2 Å². The molecule has 0 saturated carbocycles. The van der Waals surface area contributed by atoms with E-state index in [0.717, 1.165) is 22.8 Å². The number of nitrogens with one attached hydrogen (secondary N) is 1. The lowest BCUT2D eigenvalue weighted by Crippen LogP contribution is -2.13. The highest BCUT2D eigenvalue weighted by Gasteiger charge is 2.14. The maximum absolute atomic E-state index is 12.6. The molecule has 1 amide bonds. The minimum Gasteiger partial charge on any atom is -0.494 e. The number of aryl methyl sites for hydroxylation is 1. The minimum atomic E-state index is -0.469. The van der Waals surface area contributed by atoms with Crippen LogP contribution in [-0.2, 0) is 4.79 Å². The molecule has 0 fully saturated rings. The Bertz CT molecular complexity index is 1090. The van der Waals surface area contributed by atoms with Gasteiger partial charge in [-0.05, 0) is 62.7 Å². The number of benzene rings is 1. The second-order valence-corrected chi connectivity index (χ2v) is 6.43. The van der Waals surface area contributed by atoms with E-state index >= 15 is 0 Å². The van der Waals surface area contributed by atoms with Crippen molar-refractivity contribution >= 4 is 17.7 Å². The van der Waals surface area contributed by atoms with Gasteiger partial charge in [0.15, 0.2) is 0 Å². The molecule has 0 spiro atoms. The molecule has 2 aromatic heterocycles. The molecule has 0 atom stereocenters. The first-order valence-corrected chi connectivity index (χ1v) is 9.30. The normalized spacial score (nSPS) is 11.0. The number of aromatic nitrogens is 2. The van der Waals surface area contributed by atoms with Gasteiger partial charge in [-0.2, -0.15) is 5.26 Å². The maximum Gasteiger partial charge on any atom is 0.266 e. The molecule has 0 saturated heterocycles. The maximum atomic E-state index is 12.6. The van der Waals surface area contributed by atoms with E-state index in [1.54, 1.807) is 30.5 Å².